The Hall–Kier alpha value is -4.70. The van der Waals surface area contributed by atoms with Crippen molar-refractivity contribution in [1.29, 1.82) is 0 Å². The van der Waals surface area contributed by atoms with E-state index >= 15 is 0 Å². The average molecular weight is 655 g/mol. The summed E-state index contributed by atoms with van der Waals surface area (Å²) in [7, 11) is 0. The fourth-order valence-electron chi connectivity index (χ4n) is 7.16. The fourth-order valence-corrected chi connectivity index (χ4v) is 7.16. The van der Waals surface area contributed by atoms with E-state index in [4.69, 9.17) is 0 Å². The fraction of sp³-hybridized carbons (Fsp3) is 0.333. The number of benzene rings is 5. The molecule has 254 valence electrons. The van der Waals surface area contributed by atoms with Gasteiger partial charge in [-0.25, -0.2) is 0 Å². The molecule has 0 saturated carbocycles. The Morgan fingerprint density at radius 1 is 0.367 bits per heavy atom. The first kappa shape index (κ1) is 34.2. The molecule has 0 fully saturated rings. The number of fused-ring (bicyclic) bond motifs is 2. The van der Waals surface area contributed by atoms with Crippen LogP contribution in [-0.2, 0) is 42.9 Å². The second-order valence-electron chi connectivity index (χ2n) is 16.4. The van der Waals surface area contributed by atoms with Gasteiger partial charge in [-0.05, 0) is 91.4 Å². The molecule has 4 nitrogen and oxygen atoms in total. The van der Waals surface area contributed by atoms with Crippen LogP contribution in [0.5, 0.6) is 23.0 Å². The zero-order valence-electron chi connectivity index (χ0n) is 30.3. The van der Waals surface area contributed by atoms with Crippen LogP contribution in [0, 0.1) is 13.8 Å². The highest BCUT2D eigenvalue weighted by atomic mass is 16.3. The Bertz CT molecular complexity index is 1910. The molecular weight excluding hydrogens is 604 g/mol. The van der Waals surface area contributed by atoms with Crippen LogP contribution in [0.25, 0.3) is 0 Å². The molecule has 5 aromatic carbocycles. The maximum atomic E-state index is 11.7. The van der Waals surface area contributed by atoms with Gasteiger partial charge in [-0.2, -0.15) is 0 Å². The van der Waals surface area contributed by atoms with Crippen LogP contribution in [0.15, 0.2) is 72.8 Å². The largest absolute Gasteiger partial charge is 0.507 e. The molecule has 0 heterocycles. The lowest BCUT2D eigenvalue weighted by Gasteiger charge is -2.23. The predicted molar refractivity (Wildman–Crippen MR) is 200 cm³/mol. The third kappa shape index (κ3) is 7.20. The van der Waals surface area contributed by atoms with E-state index in [0.29, 0.717) is 32.1 Å². The van der Waals surface area contributed by atoms with Gasteiger partial charge in [0.15, 0.2) is 0 Å². The van der Waals surface area contributed by atoms with Crippen molar-refractivity contribution in [3.63, 3.8) is 0 Å². The topological polar surface area (TPSA) is 80.9 Å². The molecular formula is C45H50O4. The van der Waals surface area contributed by atoms with Gasteiger partial charge in [-0.1, -0.05) is 125 Å². The van der Waals surface area contributed by atoms with Crippen molar-refractivity contribution < 1.29 is 20.4 Å². The molecule has 0 spiro atoms. The van der Waals surface area contributed by atoms with Crippen molar-refractivity contribution in [2.75, 3.05) is 0 Å². The molecule has 2 aliphatic carbocycles. The monoisotopic (exact) mass is 654 g/mol. The molecule has 7 rings (SSSR count). The Morgan fingerprint density at radius 3 is 0.837 bits per heavy atom. The third-order valence-electron chi connectivity index (χ3n) is 10.0. The maximum absolute atomic E-state index is 11.7. The van der Waals surface area contributed by atoms with E-state index in [9.17, 15) is 20.4 Å². The van der Waals surface area contributed by atoms with E-state index in [1.807, 2.05) is 38.1 Å². The lowest BCUT2D eigenvalue weighted by molar-refractivity contribution is 0.452. The predicted octanol–water partition coefficient (Wildman–Crippen LogP) is 9.99. The Balaban J connectivity index is 1.58. The summed E-state index contributed by atoms with van der Waals surface area (Å²) in [5.41, 5.74) is 12.3. The number of phenols is 4. The van der Waals surface area contributed by atoms with Crippen molar-refractivity contribution in [3.05, 3.63) is 151 Å². The van der Waals surface area contributed by atoms with Gasteiger partial charge < -0.3 is 20.4 Å². The van der Waals surface area contributed by atoms with Crippen molar-refractivity contribution in [2.24, 2.45) is 0 Å². The van der Waals surface area contributed by atoms with Crippen LogP contribution in [0.4, 0.5) is 0 Å². The first-order chi connectivity index (χ1) is 23.0. The molecule has 0 aliphatic heterocycles. The minimum atomic E-state index is -0.143. The summed E-state index contributed by atoms with van der Waals surface area (Å²) < 4.78 is 0. The first-order valence-corrected chi connectivity index (χ1v) is 17.4. The van der Waals surface area contributed by atoms with Gasteiger partial charge in [-0.15, -0.1) is 0 Å². The summed E-state index contributed by atoms with van der Waals surface area (Å²) in [5.74, 6) is 0.860. The van der Waals surface area contributed by atoms with E-state index in [0.717, 1.165) is 77.9 Å². The molecule has 0 amide bonds. The second-order valence-corrected chi connectivity index (χ2v) is 16.4. The molecule has 10 bridgehead atoms. The summed E-state index contributed by atoms with van der Waals surface area (Å²) in [5, 5.41) is 46.8. The van der Waals surface area contributed by atoms with Crippen LogP contribution >= 0.6 is 0 Å². The highest BCUT2D eigenvalue weighted by Crippen LogP contribution is 2.40. The van der Waals surface area contributed by atoms with Crippen LogP contribution in [0.3, 0.4) is 0 Å². The molecule has 0 saturated heterocycles. The van der Waals surface area contributed by atoms with Crippen LogP contribution in [-0.4, -0.2) is 20.4 Å². The van der Waals surface area contributed by atoms with Crippen LogP contribution in [0.2, 0.25) is 0 Å². The van der Waals surface area contributed by atoms with Crippen molar-refractivity contribution in [2.45, 2.75) is 98.3 Å². The van der Waals surface area contributed by atoms with E-state index in [-0.39, 0.29) is 33.8 Å². The van der Waals surface area contributed by atoms with Crippen molar-refractivity contribution >= 4 is 0 Å². The second kappa shape index (κ2) is 12.6. The summed E-state index contributed by atoms with van der Waals surface area (Å²) in [6.45, 7) is 17.1. The van der Waals surface area contributed by atoms with Crippen molar-refractivity contribution in [1.82, 2.24) is 0 Å². The van der Waals surface area contributed by atoms with Gasteiger partial charge in [0.05, 0.1) is 0 Å². The minimum absolute atomic E-state index is 0.143. The zero-order chi connectivity index (χ0) is 35.4. The molecule has 0 aromatic heterocycles. The normalized spacial score (nSPS) is 13.6. The van der Waals surface area contributed by atoms with Gasteiger partial charge in [0, 0.05) is 32.1 Å². The van der Waals surface area contributed by atoms with Gasteiger partial charge >= 0.3 is 0 Å². The number of hydrogen-bond acceptors (Lipinski definition) is 4. The molecule has 0 atom stereocenters. The number of aromatic hydroxyl groups is 4. The maximum Gasteiger partial charge on any atom is 0.122 e. The van der Waals surface area contributed by atoms with Gasteiger partial charge in [0.1, 0.15) is 23.0 Å². The number of phenolic OH excluding ortho intramolecular Hbond substituents is 4. The number of rotatable bonds is 0. The van der Waals surface area contributed by atoms with Gasteiger partial charge in [-0.3, -0.25) is 0 Å². The lowest BCUT2D eigenvalue weighted by Crippen LogP contribution is -2.13. The van der Waals surface area contributed by atoms with E-state index in [2.05, 4.69) is 90.1 Å². The Labute approximate surface area is 291 Å². The van der Waals surface area contributed by atoms with E-state index in [1.54, 1.807) is 0 Å². The minimum Gasteiger partial charge on any atom is -0.507 e. The first-order valence-electron chi connectivity index (χ1n) is 17.4. The molecule has 0 unspecified atom stereocenters. The Kier molecular flexibility index (Phi) is 8.81. The third-order valence-corrected chi connectivity index (χ3v) is 10.0. The highest BCUT2D eigenvalue weighted by molar-refractivity contribution is 5.56. The molecule has 0 radical (unpaired) electrons. The zero-order valence-corrected chi connectivity index (χ0v) is 30.3. The molecule has 4 N–H and O–H groups in total. The summed E-state index contributed by atoms with van der Waals surface area (Å²) in [4.78, 5) is 0. The van der Waals surface area contributed by atoms with E-state index in [1.165, 1.54) is 0 Å². The Morgan fingerprint density at radius 2 is 0.592 bits per heavy atom. The van der Waals surface area contributed by atoms with Crippen molar-refractivity contribution in [3.8, 4) is 23.0 Å². The summed E-state index contributed by atoms with van der Waals surface area (Å²) in [6, 6.07) is 24.7. The van der Waals surface area contributed by atoms with E-state index < -0.39 is 0 Å². The average Bonchev–Trinajstić information content (AvgIpc) is 3.00. The molecule has 4 heteroatoms. The SMILES string of the molecule is Cc1cc2c(O)c(c1)Cc1cc(C)cc(c1O)Cc1cc(C(C)(C)C)cc(c1O)Cc1ccc(cc1)Cc1cc(C(C)(C)C)cc(c1O)C2. The quantitative estimate of drug-likeness (QED) is 0.131. The standard InChI is InChI=1S/C45H50O4/c1-26-13-30-19-31-14-27(2)16-33(41(31)47)21-37-25-39(45(6,7)8)23-35(43(37)49)18-29-11-9-28(10-12-29)17-34-22-38(44(3,4)5)24-36(42(34)48)20-32(15-26)40(30)46/h9-16,22-25,46-49H,17-21H2,1-8H3. The summed E-state index contributed by atoms with van der Waals surface area (Å²) in [6.07, 6.45) is 2.22. The molecule has 2 aliphatic rings. The highest BCUT2D eigenvalue weighted by Gasteiger charge is 2.23. The lowest BCUT2D eigenvalue weighted by atomic mass is 9.82. The van der Waals surface area contributed by atoms with Gasteiger partial charge in [0.2, 0.25) is 0 Å². The number of aryl methyl sites for hydroxylation is 2. The van der Waals surface area contributed by atoms with Crippen LogP contribution < -0.4 is 0 Å². The van der Waals surface area contributed by atoms with Crippen LogP contribution in [0.1, 0.15) is 119 Å². The van der Waals surface area contributed by atoms with Gasteiger partial charge in [0.25, 0.3) is 0 Å². The molecule has 49 heavy (non-hydrogen) atoms. The molecule has 5 aromatic rings. The number of hydrogen-bond donors (Lipinski definition) is 4. The summed E-state index contributed by atoms with van der Waals surface area (Å²) >= 11 is 0. The smallest absolute Gasteiger partial charge is 0.122 e.